The molecule has 1 fully saturated rings. The van der Waals surface area contributed by atoms with Gasteiger partial charge in [0.15, 0.2) is 0 Å². The van der Waals surface area contributed by atoms with Crippen molar-refractivity contribution in [2.45, 2.75) is 19.1 Å². The molecule has 3 aromatic rings. The number of amides is 1. The monoisotopic (exact) mass is 320 g/mol. The van der Waals surface area contributed by atoms with Gasteiger partial charge in [0.05, 0.1) is 11.7 Å². The lowest BCUT2D eigenvalue weighted by Gasteiger charge is -2.14. The fourth-order valence-electron chi connectivity index (χ4n) is 3.42. The van der Waals surface area contributed by atoms with Crippen molar-refractivity contribution in [3.05, 3.63) is 71.9 Å². The van der Waals surface area contributed by atoms with Gasteiger partial charge in [-0.3, -0.25) is 4.79 Å². The first-order valence-electron chi connectivity index (χ1n) is 8.31. The van der Waals surface area contributed by atoms with Gasteiger partial charge in [-0.15, -0.1) is 0 Å². The number of rotatable bonds is 3. The molecule has 1 atom stereocenters. The highest BCUT2D eigenvalue weighted by atomic mass is 16.3. The van der Waals surface area contributed by atoms with E-state index in [4.69, 9.17) is 0 Å². The van der Waals surface area contributed by atoms with Crippen molar-refractivity contribution in [3.63, 3.8) is 0 Å². The van der Waals surface area contributed by atoms with Crippen LogP contribution in [0.4, 0.5) is 0 Å². The molecule has 1 amide bonds. The van der Waals surface area contributed by atoms with Crippen molar-refractivity contribution >= 4 is 16.8 Å². The molecule has 122 valence electrons. The van der Waals surface area contributed by atoms with Crippen molar-refractivity contribution in [2.24, 2.45) is 0 Å². The van der Waals surface area contributed by atoms with Crippen LogP contribution in [0.1, 0.15) is 22.3 Å². The smallest absolute Gasteiger partial charge is 0.256 e. The minimum absolute atomic E-state index is 0.00885. The van der Waals surface area contributed by atoms with Gasteiger partial charge < -0.3 is 14.6 Å². The number of nitrogens with zero attached hydrogens (tertiary/aromatic N) is 2. The molecule has 1 N–H and O–H groups in total. The van der Waals surface area contributed by atoms with Gasteiger partial charge in [0, 0.05) is 36.7 Å². The van der Waals surface area contributed by atoms with Crippen LogP contribution in [-0.4, -0.2) is 39.7 Å². The highest BCUT2D eigenvalue weighted by Crippen LogP contribution is 2.25. The zero-order valence-corrected chi connectivity index (χ0v) is 13.4. The van der Waals surface area contributed by atoms with Crippen LogP contribution in [0.3, 0.4) is 0 Å². The first kappa shape index (κ1) is 15.0. The summed E-state index contributed by atoms with van der Waals surface area (Å²) in [7, 11) is 0. The van der Waals surface area contributed by atoms with E-state index < -0.39 is 6.10 Å². The van der Waals surface area contributed by atoms with Gasteiger partial charge in [0.25, 0.3) is 5.91 Å². The van der Waals surface area contributed by atoms with E-state index in [1.54, 1.807) is 4.90 Å². The summed E-state index contributed by atoms with van der Waals surface area (Å²) >= 11 is 0. The molecule has 0 radical (unpaired) electrons. The number of carbonyl (C=O) groups is 1. The highest BCUT2D eigenvalue weighted by Gasteiger charge is 2.27. The van der Waals surface area contributed by atoms with Gasteiger partial charge >= 0.3 is 0 Å². The fourth-order valence-corrected chi connectivity index (χ4v) is 3.42. The minimum atomic E-state index is -0.397. The molecule has 0 unspecified atom stereocenters. The average molecular weight is 320 g/mol. The second kappa shape index (κ2) is 6.13. The van der Waals surface area contributed by atoms with Gasteiger partial charge in [0.2, 0.25) is 0 Å². The number of likely N-dealkylation sites (tertiary alicyclic amines) is 1. The zero-order valence-electron chi connectivity index (χ0n) is 13.4. The maximum absolute atomic E-state index is 12.9. The molecule has 0 aliphatic carbocycles. The van der Waals surface area contributed by atoms with Gasteiger partial charge in [-0.25, -0.2) is 0 Å². The molecular formula is C20H20N2O2. The Morgan fingerprint density at radius 2 is 1.83 bits per heavy atom. The Hall–Kier alpha value is -2.59. The molecule has 4 rings (SSSR count). The summed E-state index contributed by atoms with van der Waals surface area (Å²) in [6.07, 6.45) is 2.21. The third kappa shape index (κ3) is 2.69. The zero-order chi connectivity index (χ0) is 16.5. The molecule has 4 nitrogen and oxygen atoms in total. The number of carbonyl (C=O) groups excluding carboxylic acids is 1. The van der Waals surface area contributed by atoms with Crippen LogP contribution >= 0.6 is 0 Å². The molecule has 24 heavy (non-hydrogen) atoms. The Bertz CT molecular complexity index is 870. The number of aliphatic hydroxyl groups excluding tert-OH is 1. The first-order valence-corrected chi connectivity index (χ1v) is 8.31. The maximum atomic E-state index is 12.9. The van der Waals surface area contributed by atoms with Crippen LogP contribution < -0.4 is 0 Å². The first-order chi connectivity index (χ1) is 11.7. The fraction of sp³-hybridized carbons (Fsp3) is 0.250. The standard InChI is InChI=1S/C20H20N2O2/c23-16-10-11-21(13-16)20(24)18-14-22(12-15-6-2-1-3-7-15)19-9-5-4-8-17(18)19/h1-9,14,16,23H,10-13H2/t16-/m1/s1. The summed E-state index contributed by atoms with van der Waals surface area (Å²) in [5.74, 6) is 0.00885. The molecule has 0 saturated carbocycles. The molecule has 4 heteroatoms. The molecule has 2 heterocycles. The van der Waals surface area contributed by atoms with Crippen molar-refractivity contribution in [1.29, 1.82) is 0 Å². The molecular weight excluding hydrogens is 300 g/mol. The Morgan fingerprint density at radius 3 is 2.58 bits per heavy atom. The summed E-state index contributed by atoms with van der Waals surface area (Å²) in [5.41, 5.74) is 2.98. The number of hydrogen-bond donors (Lipinski definition) is 1. The molecule has 1 saturated heterocycles. The number of para-hydroxylation sites is 1. The van der Waals surface area contributed by atoms with Crippen LogP contribution in [0.15, 0.2) is 60.8 Å². The summed E-state index contributed by atoms with van der Waals surface area (Å²) < 4.78 is 2.13. The predicted molar refractivity (Wildman–Crippen MR) is 94.0 cm³/mol. The van der Waals surface area contributed by atoms with Crippen LogP contribution in [0.5, 0.6) is 0 Å². The quantitative estimate of drug-likeness (QED) is 0.806. The Labute approximate surface area is 140 Å². The van der Waals surface area contributed by atoms with Gasteiger partial charge in [0.1, 0.15) is 0 Å². The van der Waals surface area contributed by atoms with E-state index in [9.17, 15) is 9.90 Å². The van der Waals surface area contributed by atoms with Crippen molar-refractivity contribution < 1.29 is 9.90 Å². The number of β-amino-alcohol motifs (C(OH)–C–C–N with tert-alkyl or cyclic N) is 1. The maximum Gasteiger partial charge on any atom is 0.256 e. The second-order valence-electron chi connectivity index (χ2n) is 6.37. The van der Waals surface area contributed by atoms with E-state index in [1.807, 2.05) is 48.7 Å². The third-order valence-corrected chi connectivity index (χ3v) is 4.67. The van der Waals surface area contributed by atoms with Gasteiger partial charge in [-0.05, 0) is 18.1 Å². The van der Waals surface area contributed by atoms with Crippen molar-refractivity contribution in [3.8, 4) is 0 Å². The number of aromatic nitrogens is 1. The van der Waals surface area contributed by atoms with Crippen LogP contribution in [-0.2, 0) is 6.54 Å². The lowest BCUT2D eigenvalue weighted by atomic mass is 10.1. The number of aliphatic hydroxyl groups is 1. The summed E-state index contributed by atoms with van der Waals surface area (Å²) in [6.45, 7) is 1.78. The SMILES string of the molecule is O=C(c1cn(Cc2ccccc2)c2ccccc12)N1CC[C@@H](O)C1. The Kier molecular flexibility index (Phi) is 3.82. The van der Waals surface area contributed by atoms with E-state index in [0.717, 1.165) is 23.0 Å². The molecule has 0 spiro atoms. The summed E-state index contributed by atoms with van der Waals surface area (Å²) in [5, 5.41) is 10.7. The minimum Gasteiger partial charge on any atom is -0.391 e. The van der Waals surface area contributed by atoms with Crippen LogP contribution in [0.2, 0.25) is 0 Å². The Morgan fingerprint density at radius 1 is 1.08 bits per heavy atom. The molecule has 2 aromatic carbocycles. The second-order valence-corrected chi connectivity index (χ2v) is 6.37. The van der Waals surface area contributed by atoms with Crippen molar-refractivity contribution in [2.75, 3.05) is 13.1 Å². The van der Waals surface area contributed by atoms with Crippen LogP contribution in [0, 0.1) is 0 Å². The van der Waals surface area contributed by atoms with E-state index in [1.165, 1.54) is 5.56 Å². The highest BCUT2D eigenvalue weighted by molar-refractivity contribution is 6.07. The lowest BCUT2D eigenvalue weighted by Crippen LogP contribution is -2.29. The average Bonchev–Trinajstić information content (AvgIpc) is 3.20. The topological polar surface area (TPSA) is 45.5 Å². The summed E-state index contributed by atoms with van der Waals surface area (Å²) in [6, 6.07) is 18.2. The van der Waals surface area contributed by atoms with E-state index in [-0.39, 0.29) is 5.91 Å². The molecule has 1 aliphatic rings. The van der Waals surface area contributed by atoms with Crippen molar-refractivity contribution in [1.82, 2.24) is 9.47 Å². The lowest BCUT2D eigenvalue weighted by molar-refractivity contribution is 0.0766. The molecule has 0 bridgehead atoms. The van der Waals surface area contributed by atoms with E-state index >= 15 is 0 Å². The number of hydrogen-bond acceptors (Lipinski definition) is 2. The Balaban J connectivity index is 1.72. The van der Waals surface area contributed by atoms with E-state index in [0.29, 0.717) is 19.5 Å². The predicted octanol–water partition coefficient (Wildman–Crippen LogP) is 2.90. The van der Waals surface area contributed by atoms with Gasteiger partial charge in [-0.1, -0.05) is 48.5 Å². The van der Waals surface area contributed by atoms with Crippen LogP contribution in [0.25, 0.3) is 10.9 Å². The third-order valence-electron chi connectivity index (χ3n) is 4.67. The molecule has 1 aliphatic heterocycles. The number of fused-ring (bicyclic) bond motifs is 1. The normalized spacial score (nSPS) is 17.5. The summed E-state index contributed by atoms with van der Waals surface area (Å²) in [4.78, 5) is 14.6. The molecule has 1 aromatic heterocycles. The van der Waals surface area contributed by atoms with E-state index in [2.05, 4.69) is 16.7 Å². The van der Waals surface area contributed by atoms with Gasteiger partial charge in [-0.2, -0.15) is 0 Å². The largest absolute Gasteiger partial charge is 0.391 e. The number of benzene rings is 2.